The van der Waals surface area contributed by atoms with Gasteiger partial charge in [0.2, 0.25) is 0 Å². The van der Waals surface area contributed by atoms with Gasteiger partial charge in [-0.1, -0.05) is 24.3 Å². The Morgan fingerprint density at radius 1 is 1.00 bits per heavy atom. The second kappa shape index (κ2) is 9.09. The predicted octanol–water partition coefficient (Wildman–Crippen LogP) is 4.56. The molecule has 0 unspecified atom stereocenters. The number of carbonyl (C=O) groups is 1. The number of amides is 1. The van der Waals surface area contributed by atoms with Gasteiger partial charge in [-0.25, -0.2) is 13.4 Å². The number of sulfone groups is 1. The number of carbonyl (C=O) groups excluding carboxylic acids is 1. The first-order chi connectivity index (χ1) is 16.0. The molecule has 10 heteroatoms. The van der Waals surface area contributed by atoms with Crippen LogP contribution in [0.25, 0.3) is 11.1 Å². The number of aromatic nitrogens is 1. The molecular weight excluding hydrogens is 467 g/mol. The van der Waals surface area contributed by atoms with Gasteiger partial charge in [-0.2, -0.15) is 13.2 Å². The molecule has 0 spiro atoms. The molecule has 0 aliphatic carbocycles. The van der Waals surface area contributed by atoms with Crippen LogP contribution in [0.2, 0.25) is 0 Å². The second-order valence-corrected chi connectivity index (χ2v) is 10.4. The molecular formula is C24H22F3N3O3S. The summed E-state index contributed by atoms with van der Waals surface area (Å²) in [5, 5.41) is 2.83. The fourth-order valence-corrected chi connectivity index (χ4v) is 4.97. The van der Waals surface area contributed by atoms with E-state index in [-0.39, 0.29) is 17.4 Å². The first-order valence-electron chi connectivity index (χ1n) is 10.5. The van der Waals surface area contributed by atoms with Gasteiger partial charge in [0.15, 0.2) is 9.84 Å². The highest BCUT2D eigenvalue weighted by Gasteiger charge is 2.30. The standard InChI is InChI=1S/C24H22F3N3O3S/c1-16-20(17-5-8-19(9-6-17)24(25,26)27)3-2-4-21(16)29-23(31)18-7-10-22(28-15-18)30-11-13-34(32,33)14-12-30/h2-10,15H,11-14H2,1H3,(H,29,31). The molecule has 0 atom stereocenters. The molecule has 6 nitrogen and oxygen atoms in total. The number of nitrogens with one attached hydrogen (secondary N) is 1. The molecule has 1 fully saturated rings. The minimum atomic E-state index is -4.40. The molecule has 1 aliphatic heterocycles. The third kappa shape index (κ3) is 5.22. The van der Waals surface area contributed by atoms with Crippen molar-refractivity contribution >= 4 is 27.2 Å². The molecule has 1 N–H and O–H groups in total. The van der Waals surface area contributed by atoms with Crippen molar-refractivity contribution in [2.75, 3.05) is 34.8 Å². The number of hydrogen-bond donors (Lipinski definition) is 1. The van der Waals surface area contributed by atoms with Crippen LogP contribution in [-0.4, -0.2) is 43.9 Å². The molecule has 2 aromatic carbocycles. The van der Waals surface area contributed by atoms with Crippen LogP contribution in [0.5, 0.6) is 0 Å². The molecule has 3 aromatic rings. The summed E-state index contributed by atoms with van der Waals surface area (Å²) in [5.41, 5.74) is 2.17. The average molecular weight is 490 g/mol. The summed E-state index contributed by atoms with van der Waals surface area (Å²) in [5.74, 6) is 0.372. The average Bonchev–Trinajstić information content (AvgIpc) is 2.80. The molecule has 34 heavy (non-hydrogen) atoms. The van der Waals surface area contributed by atoms with Gasteiger partial charge in [-0.3, -0.25) is 4.79 Å². The number of anilines is 2. The number of hydrogen-bond acceptors (Lipinski definition) is 5. The normalized spacial score (nSPS) is 15.7. The predicted molar refractivity (Wildman–Crippen MR) is 125 cm³/mol. The zero-order valence-electron chi connectivity index (χ0n) is 18.3. The summed E-state index contributed by atoms with van der Waals surface area (Å²) in [6.45, 7) is 2.50. The van der Waals surface area contributed by atoms with E-state index < -0.39 is 21.6 Å². The maximum Gasteiger partial charge on any atom is 0.416 e. The summed E-state index contributed by atoms with van der Waals surface area (Å²) in [6, 6.07) is 13.4. The van der Waals surface area contributed by atoms with E-state index in [4.69, 9.17) is 0 Å². The number of pyridine rings is 1. The van der Waals surface area contributed by atoms with Crippen LogP contribution in [-0.2, 0) is 16.0 Å². The Labute approximate surface area is 195 Å². The van der Waals surface area contributed by atoms with E-state index in [1.54, 1.807) is 37.3 Å². The van der Waals surface area contributed by atoms with Crippen molar-refractivity contribution in [2.45, 2.75) is 13.1 Å². The molecule has 0 bridgehead atoms. The largest absolute Gasteiger partial charge is 0.416 e. The molecule has 1 saturated heterocycles. The molecule has 4 rings (SSSR count). The van der Waals surface area contributed by atoms with Gasteiger partial charge in [-0.15, -0.1) is 0 Å². The smallest absolute Gasteiger partial charge is 0.355 e. The topological polar surface area (TPSA) is 79.4 Å². The monoisotopic (exact) mass is 489 g/mol. The summed E-state index contributed by atoms with van der Waals surface area (Å²) < 4.78 is 61.7. The Morgan fingerprint density at radius 3 is 2.26 bits per heavy atom. The molecule has 1 aliphatic rings. The number of benzene rings is 2. The Morgan fingerprint density at radius 2 is 1.68 bits per heavy atom. The lowest BCUT2D eigenvalue weighted by molar-refractivity contribution is -0.137. The lowest BCUT2D eigenvalue weighted by atomic mass is 9.98. The van der Waals surface area contributed by atoms with Crippen molar-refractivity contribution in [3.8, 4) is 11.1 Å². The number of nitrogens with zero attached hydrogens (tertiary/aromatic N) is 2. The number of alkyl halides is 3. The van der Waals surface area contributed by atoms with Crippen molar-refractivity contribution in [3.63, 3.8) is 0 Å². The molecule has 178 valence electrons. The summed E-state index contributed by atoms with van der Waals surface area (Å²) in [4.78, 5) is 18.9. The van der Waals surface area contributed by atoms with Crippen molar-refractivity contribution in [3.05, 3.63) is 77.5 Å². The van der Waals surface area contributed by atoms with E-state index in [1.807, 2.05) is 4.90 Å². The van der Waals surface area contributed by atoms with Crippen molar-refractivity contribution in [1.82, 2.24) is 4.98 Å². The second-order valence-electron chi connectivity index (χ2n) is 8.05. The fourth-order valence-electron chi connectivity index (χ4n) is 3.77. The minimum absolute atomic E-state index is 0.0749. The van der Waals surface area contributed by atoms with Gasteiger partial charge >= 0.3 is 6.18 Å². The van der Waals surface area contributed by atoms with Crippen LogP contribution in [0.4, 0.5) is 24.7 Å². The Hall–Kier alpha value is -3.40. The number of halogens is 3. The van der Waals surface area contributed by atoms with E-state index in [0.29, 0.717) is 41.3 Å². The highest BCUT2D eigenvalue weighted by molar-refractivity contribution is 7.91. The SMILES string of the molecule is Cc1c(NC(=O)c2ccc(N3CCS(=O)(=O)CC3)nc2)cccc1-c1ccc(C(F)(F)F)cc1. The third-order valence-corrected chi connectivity index (χ3v) is 7.39. The molecule has 1 amide bonds. The van der Waals surface area contributed by atoms with Crippen LogP contribution in [0.15, 0.2) is 60.8 Å². The maximum absolute atomic E-state index is 12.9. The van der Waals surface area contributed by atoms with Crippen molar-refractivity contribution < 1.29 is 26.4 Å². The van der Waals surface area contributed by atoms with Crippen LogP contribution in [0.3, 0.4) is 0 Å². The quantitative estimate of drug-likeness (QED) is 0.581. The van der Waals surface area contributed by atoms with E-state index in [0.717, 1.165) is 17.7 Å². The van der Waals surface area contributed by atoms with Gasteiger partial charge in [0.1, 0.15) is 5.82 Å². The lowest BCUT2D eigenvalue weighted by Gasteiger charge is -2.27. The Bertz CT molecular complexity index is 1290. The highest BCUT2D eigenvalue weighted by atomic mass is 32.2. The molecule has 0 saturated carbocycles. The minimum Gasteiger partial charge on any atom is -0.355 e. The Balaban J connectivity index is 1.48. The van der Waals surface area contributed by atoms with E-state index in [9.17, 15) is 26.4 Å². The lowest BCUT2D eigenvalue weighted by Crippen LogP contribution is -2.40. The number of rotatable bonds is 4. The van der Waals surface area contributed by atoms with Crippen LogP contribution >= 0.6 is 0 Å². The third-order valence-electron chi connectivity index (χ3n) is 5.78. The zero-order valence-corrected chi connectivity index (χ0v) is 19.1. The molecule has 0 radical (unpaired) electrons. The molecule has 2 heterocycles. The maximum atomic E-state index is 12.9. The van der Waals surface area contributed by atoms with Crippen molar-refractivity contribution in [2.24, 2.45) is 0 Å². The van der Waals surface area contributed by atoms with Crippen LogP contribution < -0.4 is 10.2 Å². The van der Waals surface area contributed by atoms with Crippen LogP contribution in [0, 0.1) is 6.92 Å². The van der Waals surface area contributed by atoms with E-state index in [2.05, 4.69) is 10.3 Å². The fraction of sp³-hybridized carbons (Fsp3) is 0.250. The zero-order chi connectivity index (χ0) is 24.5. The summed E-state index contributed by atoms with van der Waals surface area (Å²) >= 11 is 0. The summed E-state index contributed by atoms with van der Waals surface area (Å²) in [7, 11) is -3.00. The van der Waals surface area contributed by atoms with Gasteiger partial charge in [0.25, 0.3) is 5.91 Å². The van der Waals surface area contributed by atoms with E-state index >= 15 is 0 Å². The highest BCUT2D eigenvalue weighted by Crippen LogP contribution is 2.33. The van der Waals surface area contributed by atoms with E-state index in [1.165, 1.54) is 18.3 Å². The van der Waals surface area contributed by atoms with Crippen LogP contribution in [0.1, 0.15) is 21.5 Å². The van der Waals surface area contributed by atoms with Crippen molar-refractivity contribution in [1.29, 1.82) is 0 Å². The van der Waals surface area contributed by atoms with Gasteiger partial charge in [-0.05, 0) is 53.9 Å². The Kier molecular flexibility index (Phi) is 6.35. The van der Waals surface area contributed by atoms with Gasteiger partial charge in [0, 0.05) is 25.0 Å². The first kappa shape index (κ1) is 23.7. The van der Waals surface area contributed by atoms with Gasteiger partial charge in [0.05, 0.1) is 22.6 Å². The first-order valence-corrected chi connectivity index (χ1v) is 12.4. The van der Waals surface area contributed by atoms with Gasteiger partial charge < -0.3 is 10.2 Å². The summed E-state index contributed by atoms with van der Waals surface area (Å²) in [6.07, 6.45) is -2.97. The molecule has 1 aromatic heterocycles.